The summed E-state index contributed by atoms with van der Waals surface area (Å²) >= 11 is 6.30. The van der Waals surface area contributed by atoms with Crippen molar-refractivity contribution in [1.82, 2.24) is 9.88 Å². The highest BCUT2D eigenvalue weighted by Crippen LogP contribution is 2.30. The molecule has 3 aromatic rings. The number of oxazole rings is 1. The Morgan fingerprint density at radius 2 is 2.00 bits per heavy atom. The van der Waals surface area contributed by atoms with Gasteiger partial charge in [0.05, 0.1) is 17.3 Å². The third-order valence-corrected chi connectivity index (χ3v) is 5.61. The van der Waals surface area contributed by atoms with Crippen molar-refractivity contribution in [2.24, 2.45) is 0 Å². The predicted octanol–water partition coefficient (Wildman–Crippen LogP) is 4.92. The average molecular weight is 398 g/mol. The lowest BCUT2D eigenvalue weighted by Crippen LogP contribution is -2.38. The number of carbonyl (C=O) groups is 1. The number of hydrogen-bond acceptors (Lipinski definition) is 4. The van der Waals surface area contributed by atoms with E-state index in [9.17, 15) is 4.79 Å². The summed E-state index contributed by atoms with van der Waals surface area (Å²) in [6, 6.07) is 11.7. The second kappa shape index (κ2) is 7.94. The third kappa shape index (κ3) is 4.05. The minimum absolute atomic E-state index is 0.0332. The molecule has 1 aromatic heterocycles. The van der Waals surface area contributed by atoms with Crippen LogP contribution in [-0.2, 0) is 4.79 Å². The van der Waals surface area contributed by atoms with Crippen LogP contribution in [0.4, 0.5) is 5.69 Å². The fourth-order valence-corrected chi connectivity index (χ4v) is 4.23. The molecule has 0 aliphatic carbocycles. The van der Waals surface area contributed by atoms with Crippen molar-refractivity contribution in [3.8, 4) is 0 Å². The van der Waals surface area contributed by atoms with Gasteiger partial charge in [-0.1, -0.05) is 29.8 Å². The molecular formula is C22H24ClN3O2. The van der Waals surface area contributed by atoms with Crippen molar-refractivity contribution in [2.45, 2.75) is 32.6 Å². The third-order valence-electron chi connectivity index (χ3n) is 5.31. The van der Waals surface area contributed by atoms with E-state index in [1.807, 2.05) is 50.2 Å². The number of para-hydroxylation sites is 2. The van der Waals surface area contributed by atoms with Gasteiger partial charge in [-0.25, -0.2) is 4.98 Å². The van der Waals surface area contributed by atoms with Crippen LogP contribution in [0.25, 0.3) is 11.1 Å². The van der Waals surface area contributed by atoms with Gasteiger partial charge < -0.3 is 9.73 Å². The van der Waals surface area contributed by atoms with Crippen molar-refractivity contribution in [1.29, 1.82) is 0 Å². The van der Waals surface area contributed by atoms with E-state index in [2.05, 4.69) is 15.2 Å². The maximum atomic E-state index is 12.5. The Morgan fingerprint density at radius 3 is 2.71 bits per heavy atom. The van der Waals surface area contributed by atoms with Crippen LogP contribution in [0.5, 0.6) is 0 Å². The molecule has 2 aromatic carbocycles. The lowest BCUT2D eigenvalue weighted by Gasteiger charge is -2.30. The van der Waals surface area contributed by atoms with Gasteiger partial charge >= 0.3 is 0 Å². The highest BCUT2D eigenvalue weighted by molar-refractivity contribution is 6.34. The summed E-state index contributed by atoms with van der Waals surface area (Å²) < 4.78 is 5.92. The molecule has 146 valence electrons. The lowest BCUT2D eigenvalue weighted by atomic mass is 9.97. The first kappa shape index (κ1) is 19.0. The number of fused-ring (bicyclic) bond motifs is 1. The van der Waals surface area contributed by atoms with Gasteiger partial charge in [-0.05, 0) is 69.1 Å². The molecule has 28 heavy (non-hydrogen) atoms. The number of likely N-dealkylation sites (tertiary alicyclic amines) is 1. The maximum Gasteiger partial charge on any atom is 0.238 e. The van der Waals surface area contributed by atoms with Gasteiger partial charge in [-0.3, -0.25) is 9.69 Å². The Hall–Kier alpha value is -2.37. The van der Waals surface area contributed by atoms with Gasteiger partial charge in [0.15, 0.2) is 11.5 Å². The first-order chi connectivity index (χ1) is 13.5. The fourth-order valence-electron chi connectivity index (χ4n) is 3.86. The minimum atomic E-state index is -0.0332. The summed E-state index contributed by atoms with van der Waals surface area (Å²) in [7, 11) is 0. The summed E-state index contributed by atoms with van der Waals surface area (Å²) in [6.45, 7) is 6.00. The fraction of sp³-hybridized carbons (Fsp3) is 0.364. The van der Waals surface area contributed by atoms with Crippen LogP contribution in [0.15, 0.2) is 40.8 Å². The molecule has 1 amide bonds. The number of halogens is 1. The number of amides is 1. The number of piperidine rings is 1. The molecule has 0 unspecified atom stereocenters. The standard InChI is InChI=1S/C22H24ClN3O2/c1-14-11-15(2)21(17(23)12-14)25-20(27)13-26-9-7-16(8-10-26)22-24-18-5-3-4-6-19(18)28-22/h3-6,11-12,16H,7-10,13H2,1-2H3,(H,25,27). The Kier molecular flexibility index (Phi) is 5.38. The van der Waals surface area contributed by atoms with Crippen molar-refractivity contribution >= 4 is 34.3 Å². The van der Waals surface area contributed by atoms with Crippen LogP contribution in [-0.4, -0.2) is 35.4 Å². The zero-order chi connectivity index (χ0) is 19.7. The zero-order valence-corrected chi connectivity index (χ0v) is 16.9. The monoisotopic (exact) mass is 397 g/mol. The molecule has 0 atom stereocenters. The molecule has 5 nitrogen and oxygen atoms in total. The Bertz CT molecular complexity index is 950. The average Bonchev–Trinajstić information content (AvgIpc) is 3.09. The van der Waals surface area contributed by atoms with E-state index in [1.54, 1.807) is 0 Å². The Labute approximate surface area is 169 Å². The van der Waals surface area contributed by atoms with Crippen molar-refractivity contribution in [3.05, 3.63) is 58.4 Å². The molecular weight excluding hydrogens is 374 g/mol. The van der Waals surface area contributed by atoms with E-state index in [4.69, 9.17) is 16.0 Å². The second-order valence-electron chi connectivity index (χ2n) is 7.56. The van der Waals surface area contributed by atoms with Crippen LogP contribution >= 0.6 is 11.6 Å². The number of aryl methyl sites for hydroxylation is 2. The van der Waals surface area contributed by atoms with E-state index in [-0.39, 0.29) is 5.91 Å². The van der Waals surface area contributed by atoms with Gasteiger partial charge in [0.1, 0.15) is 5.52 Å². The molecule has 1 N–H and O–H groups in total. The maximum absolute atomic E-state index is 12.5. The zero-order valence-electron chi connectivity index (χ0n) is 16.2. The molecule has 6 heteroatoms. The van der Waals surface area contributed by atoms with E-state index < -0.39 is 0 Å². The predicted molar refractivity (Wildman–Crippen MR) is 112 cm³/mol. The number of nitrogens with zero attached hydrogens (tertiary/aromatic N) is 2. The smallest absolute Gasteiger partial charge is 0.238 e. The quantitative estimate of drug-likeness (QED) is 0.679. The number of rotatable bonds is 4. The number of aromatic nitrogens is 1. The molecule has 2 heterocycles. The van der Waals surface area contributed by atoms with E-state index in [0.29, 0.717) is 23.2 Å². The van der Waals surface area contributed by atoms with Crippen LogP contribution < -0.4 is 5.32 Å². The van der Waals surface area contributed by atoms with E-state index >= 15 is 0 Å². The minimum Gasteiger partial charge on any atom is -0.440 e. The summed E-state index contributed by atoms with van der Waals surface area (Å²) in [5, 5.41) is 3.55. The number of nitrogens with one attached hydrogen (secondary N) is 1. The molecule has 1 saturated heterocycles. The normalized spacial score (nSPS) is 15.8. The number of hydrogen-bond donors (Lipinski definition) is 1. The summed E-state index contributed by atoms with van der Waals surface area (Å²) in [4.78, 5) is 19.3. The van der Waals surface area contributed by atoms with Crippen LogP contribution in [0.3, 0.4) is 0 Å². The van der Waals surface area contributed by atoms with E-state index in [0.717, 1.165) is 54.0 Å². The van der Waals surface area contributed by atoms with Gasteiger partial charge in [-0.15, -0.1) is 0 Å². The highest BCUT2D eigenvalue weighted by Gasteiger charge is 2.25. The molecule has 0 saturated carbocycles. The van der Waals surface area contributed by atoms with E-state index in [1.165, 1.54) is 0 Å². The second-order valence-corrected chi connectivity index (χ2v) is 7.96. The lowest BCUT2D eigenvalue weighted by molar-refractivity contribution is -0.117. The Morgan fingerprint density at radius 1 is 1.25 bits per heavy atom. The largest absolute Gasteiger partial charge is 0.440 e. The van der Waals surface area contributed by atoms with Gasteiger partial charge in [0.25, 0.3) is 0 Å². The number of anilines is 1. The van der Waals surface area contributed by atoms with Crippen LogP contribution in [0, 0.1) is 13.8 Å². The first-order valence-corrected chi connectivity index (χ1v) is 10.0. The summed E-state index contributed by atoms with van der Waals surface area (Å²) in [6.07, 6.45) is 1.87. The van der Waals surface area contributed by atoms with Gasteiger partial charge in [-0.2, -0.15) is 0 Å². The van der Waals surface area contributed by atoms with Gasteiger partial charge in [0.2, 0.25) is 5.91 Å². The topological polar surface area (TPSA) is 58.4 Å². The number of benzene rings is 2. The molecule has 0 radical (unpaired) electrons. The molecule has 1 aliphatic heterocycles. The van der Waals surface area contributed by atoms with Gasteiger partial charge in [0, 0.05) is 5.92 Å². The molecule has 0 spiro atoms. The van der Waals surface area contributed by atoms with Crippen molar-refractivity contribution in [3.63, 3.8) is 0 Å². The first-order valence-electron chi connectivity index (χ1n) is 9.64. The van der Waals surface area contributed by atoms with Crippen LogP contribution in [0.1, 0.15) is 35.8 Å². The van der Waals surface area contributed by atoms with Crippen LogP contribution in [0.2, 0.25) is 5.02 Å². The summed E-state index contributed by atoms with van der Waals surface area (Å²) in [5.74, 6) is 1.09. The van der Waals surface area contributed by atoms with Crippen molar-refractivity contribution < 1.29 is 9.21 Å². The highest BCUT2D eigenvalue weighted by atomic mass is 35.5. The summed E-state index contributed by atoms with van der Waals surface area (Å²) in [5.41, 5.74) is 4.52. The number of carbonyl (C=O) groups excluding carboxylic acids is 1. The Balaban J connectivity index is 1.33. The molecule has 0 bridgehead atoms. The SMILES string of the molecule is Cc1cc(C)c(NC(=O)CN2CCC(c3nc4ccccc4o3)CC2)c(Cl)c1. The molecule has 4 rings (SSSR count). The molecule has 1 aliphatic rings. The molecule has 1 fully saturated rings. The van der Waals surface area contributed by atoms with Crippen molar-refractivity contribution in [2.75, 3.05) is 25.0 Å².